The largest absolute Gasteiger partial charge is 0.481 e. The number of benzene rings is 2. The molecule has 1 amide bonds. The highest BCUT2D eigenvalue weighted by Crippen LogP contribution is 2.22. The molecule has 0 fully saturated rings. The van der Waals surface area contributed by atoms with Crippen LogP contribution in [-0.2, 0) is 4.79 Å². The molecular weight excluding hydrogens is 330 g/mol. The van der Waals surface area contributed by atoms with Crippen LogP contribution in [0.5, 0.6) is 5.75 Å². The number of hydrogen-bond donors (Lipinski definition) is 1. The topological polar surface area (TPSA) is 38.3 Å². The molecule has 0 heterocycles. The lowest BCUT2D eigenvalue weighted by Crippen LogP contribution is -2.30. The van der Waals surface area contributed by atoms with E-state index in [9.17, 15) is 4.79 Å². The Morgan fingerprint density at radius 3 is 2.38 bits per heavy atom. The molecule has 0 unspecified atom stereocenters. The number of hydrogen-bond acceptors (Lipinski definition) is 2. The van der Waals surface area contributed by atoms with E-state index in [2.05, 4.69) is 27.3 Å². The second-order valence-electron chi connectivity index (χ2n) is 5.05. The lowest BCUT2D eigenvalue weighted by molar-refractivity contribution is -0.122. The van der Waals surface area contributed by atoms with Crippen molar-refractivity contribution in [3.8, 4) is 5.75 Å². The van der Waals surface area contributed by atoms with Crippen molar-refractivity contribution in [2.24, 2.45) is 0 Å². The first-order chi connectivity index (χ1) is 9.95. The minimum absolute atomic E-state index is 0.180. The lowest BCUT2D eigenvalue weighted by Gasteiger charge is -2.16. The fourth-order valence-corrected chi connectivity index (χ4v) is 2.44. The van der Waals surface area contributed by atoms with Crippen molar-refractivity contribution in [2.75, 3.05) is 5.32 Å². The van der Waals surface area contributed by atoms with Gasteiger partial charge in [0.25, 0.3) is 5.91 Å². The molecule has 21 heavy (non-hydrogen) atoms. The molecule has 3 nitrogen and oxygen atoms in total. The fraction of sp³-hybridized carbons (Fsp3) is 0.235. The van der Waals surface area contributed by atoms with Crippen LogP contribution in [0.2, 0.25) is 0 Å². The molecule has 0 saturated carbocycles. The van der Waals surface area contributed by atoms with Crippen molar-refractivity contribution in [3.63, 3.8) is 0 Å². The fourth-order valence-electron chi connectivity index (χ4n) is 2.06. The van der Waals surface area contributed by atoms with Gasteiger partial charge >= 0.3 is 0 Å². The standard InChI is InChI=1S/C17H18BrNO2/c1-11-8-12(2)10-14(9-11)21-13(3)17(20)19-16-7-5-4-6-15(16)18/h4-10,13H,1-3H3,(H,19,20)/t13-/m0/s1. The molecule has 1 N–H and O–H groups in total. The Hall–Kier alpha value is -1.81. The summed E-state index contributed by atoms with van der Waals surface area (Å²) in [7, 11) is 0. The zero-order chi connectivity index (χ0) is 15.4. The average molecular weight is 348 g/mol. The zero-order valence-corrected chi connectivity index (χ0v) is 13.9. The molecule has 0 aromatic heterocycles. The van der Waals surface area contributed by atoms with Crippen LogP contribution in [-0.4, -0.2) is 12.0 Å². The number of carbonyl (C=O) groups is 1. The van der Waals surface area contributed by atoms with Gasteiger partial charge in [-0.15, -0.1) is 0 Å². The molecule has 0 radical (unpaired) electrons. The molecule has 0 aliphatic rings. The summed E-state index contributed by atoms with van der Waals surface area (Å²) in [6.07, 6.45) is -0.571. The predicted octanol–water partition coefficient (Wildman–Crippen LogP) is 4.47. The van der Waals surface area contributed by atoms with E-state index in [4.69, 9.17) is 4.74 Å². The molecule has 4 heteroatoms. The van der Waals surface area contributed by atoms with Crippen LogP contribution in [0.1, 0.15) is 18.1 Å². The van der Waals surface area contributed by atoms with E-state index in [1.807, 2.05) is 50.2 Å². The maximum absolute atomic E-state index is 12.2. The van der Waals surface area contributed by atoms with Gasteiger partial charge in [-0.05, 0) is 72.1 Å². The van der Waals surface area contributed by atoms with Crippen molar-refractivity contribution in [1.82, 2.24) is 0 Å². The first-order valence-corrected chi connectivity index (χ1v) is 7.55. The molecule has 2 aromatic rings. The van der Waals surface area contributed by atoms with Crippen molar-refractivity contribution in [1.29, 1.82) is 0 Å². The second kappa shape index (κ2) is 6.76. The average Bonchev–Trinajstić information content (AvgIpc) is 2.40. The Balaban J connectivity index is 2.04. The monoisotopic (exact) mass is 347 g/mol. The molecule has 0 aliphatic carbocycles. The van der Waals surface area contributed by atoms with E-state index in [0.717, 1.165) is 21.3 Å². The highest BCUT2D eigenvalue weighted by Gasteiger charge is 2.16. The first-order valence-electron chi connectivity index (χ1n) is 6.76. The molecule has 110 valence electrons. The van der Waals surface area contributed by atoms with Crippen LogP contribution in [0.25, 0.3) is 0 Å². The van der Waals surface area contributed by atoms with Crippen LogP contribution in [0.15, 0.2) is 46.9 Å². The van der Waals surface area contributed by atoms with E-state index in [1.165, 1.54) is 0 Å². The van der Waals surface area contributed by atoms with Gasteiger partial charge in [-0.25, -0.2) is 0 Å². The Morgan fingerprint density at radius 1 is 1.14 bits per heavy atom. The molecule has 2 aromatic carbocycles. The minimum atomic E-state index is -0.571. The summed E-state index contributed by atoms with van der Waals surface area (Å²) in [5.41, 5.74) is 2.96. The van der Waals surface area contributed by atoms with Crippen molar-refractivity contribution in [2.45, 2.75) is 26.9 Å². The molecule has 2 rings (SSSR count). The van der Waals surface area contributed by atoms with Crippen molar-refractivity contribution in [3.05, 3.63) is 58.1 Å². The van der Waals surface area contributed by atoms with E-state index in [-0.39, 0.29) is 5.91 Å². The third kappa shape index (κ3) is 4.33. The number of ether oxygens (including phenoxy) is 1. The molecule has 0 saturated heterocycles. The van der Waals surface area contributed by atoms with Gasteiger partial charge in [0.2, 0.25) is 0 Å². The van der Waals surface area contributed by atoms with Gasteiger partial charge < -0.3 is 10.1 Å². The summed E-state index contributed by atoms with van der Waals surface area (Å²) in [6.45, 7) is 5.75. The summed E-state index contributed by atoms with van der Waals surface area (Å²) in [5, 5.41) is 2.85. The number of aryl methyl sites for hydroxylation is 2. The molecule has 0 aliphatic heterocycles. The van der Waals surface area contributed by atoms with E-state index >= 15 is 0 Å². The predicted molar refractivity (Wildman–Crippen MR) is 88.8 cm³/mol. The number of amides is 1. The van der Waals surface area contributed by atoms with Gasteiger partial charge in [0.15, 0.2) is 6.10 Å². The van der Waals surface area contributed by atoms with Crippen LogP contribution in [0, 0.1) is 13.8 Å². The van der Waals surface area contributed by atoms with Crippen molar-refractivity contribution >= 4 is 27.5 Å². The number of para-hydroxylation sites is 1. The summed E-state index contributed by atoms with van der Waals surface area (Å²) in [4.78, 5) is 12.2. The quantitative estimate of drug-likeness (QED) is 0.885. The lowest BCUT2D eigenvalue weighted by atomic mass is 10.1. The van der Waals surface area contributed by atoms with Gasteiger partial charge in [-0.1, -0.05) is 18.2 Å². The van der Waals surface area contributed by atoms with Gasteiger partial charge in [-0.2, -0.15) is 0 Å². The van der Waals surface area contributed by atoms with Crippen LogP contribution < -0.4 is 10.1 Å². The smallest absolute Gasteiger partial charge is 0.265 e. The van der Waals surface area contributed by atoms with Gasteiger partial charge in [0.1, 0.15) is 5.75 Å². The highest BCUT2D eigenvalue weighted by atomic mass is 79.9. The number of anilines is 1. The van der Waals surface area contributed by atoms with E-state index < -0.39 is 6.10 Å². The maximum atomic E-state index is 12.2. The minimum Gasteiger partial charge on any atom is -0.481 e. The first kappa shape index (κ1) is 15.6. The van der Waals surface area contributed by atoms with Crippen LogP contribution in [0.4, 0.5) is 5.69 Å². The second-order valence-corrected chi connectivity index (χ2v) is 5.91. The van der Waals surface area contributed by atoms with Gasteiger partial charge in [-0.3, -0.25) is 4.79 Å². The Kier molecular flexibility index (Phi) is 5.02. The Bertz CT molecular complexity index is 635. The highest BCUT2D eigenvalue weighted by molar-refractivity contribution is 9.10. The maximum Gasteiger partial charge on any atom is 0.265 e. The number of nitrogens with one attached hydrogen (secondary N) is 1. The van der Waals surface area contributed by atoms with Crippen molar-refractivity contribution < 1.29 is 9.53 Å². The summed E-state index contributed by atoms with van der Waals surface area (Å²) in [6, 6.07) is 13.4. The number of carbonyl (C=O) groups excluding carboxylic acids is 1. The Labute approximate surface area is 133 Å². The zero-order valence-electron chi connectivity index (χ0n) is 12.3. The summed E-state index contributed by atoms with van der Waals surface area (Å²) >= 11 is 3.40. The summed E-state index contributed by atoms with van der Waals surface area (Å²) < 4.78 is 6.57. The van der Waals surface area contributed by atoms with Gasteiger partial charge in [0, 0.05) is 4.47 Å². The van der Waals surface area contributed by atoms with E-state index in [1.54, 1.807) is 6.92 Å². The third-order valence-corrected chi connectivity index (χ3v) is 3.70. The van der Waals surface area contributed by atoms with Gasteiger partial charge in [0.05, 0.1) is 5.69 Å². The Morgan fingerprint density at radius 2 is 1.76 bits per heavy atom. The summed E-state index contributed by atoms with van der Waals surface area (Å²) in [5.74, 6) is 0.531. The number of halogens is 1. The molecule has 0 bridgehead atoms. The van der Waals surface area contributed by atoms with Crippen LogP contribution >= 0.6 is 15.9 Å². The van der Waals surface area contributed by atoms with E-state index in [0.29, 0.717) is 5.75 Å². The SMILES string of the molecule is Cc1cc(C)cc(O[C@@H](C)C(=O)Nc2ccccc2Br)c1. The molecular formula is C17H18BrNO2. The molecule has 0 spiro atoms. The number of rotatable bonds is 4. The normalized spacial score (nSPS) is 11.8. The van der Waals surface area contributed by atoms with Crippen LogP contribution in [0.3, 0.4) is 0 Å². The molecule has 1 atom stereocenters. The third-order valence-electron chi connectivity index (χ3n) is 3.01.